The van der Waals surface area contributed by atoms with Crippen LogP contribution in [0.1, 0.15) is 64.2 Å². The predicted octanol–water partition coefficient (Wildman–Crippen LogP) is 5.60. The first kappa shape index (κ1) is 15.7. The van der Waals surface area contributed by atoms with Crippen LogP contribution >= 0.6 is 0 Å². The number of benzene rings is 1. The molecule has 0 aliphatic heterocycles. The van der Waals surface area contributed by atoms with E-state index < -0.39 is 0 Å². The third kappa shape index (κ3) is 4.93. The molecule has 0 aromatic heterocycles. The molecular formula is C20H30O2. The SMILES string of the molecule is c1cc(OCC2CCCCC2)cc(OCC2CCCCC2)c1. The zero-order valence-corrected chi connectivity index (χ0v) is 13.8. The topological polar surface area (TPSA) is 18.5 Å². The zero-order chi connectivity index (χ0) is 15.0. The summed E-state index contributed by atoms with van der Waals surface area (Å²) in [5, 5.41) is 0. The van der Waals surface area contributed by atoms with Gasteiger partial charge in [-0.25, -0.2) is 0 Å². The quantitative estimate of drug-likeness (QED) is 0.680. The Kier molecular flexibility index (Phi) is 6.03. The second-order valence-electron chi connectivity index (χ2n) is 7.10. The maximum Gasteiger partial charge on any atom is 0.122 e. The van der Waals surface area contributed by atoms with Crippen LogP contribution in [0.4, 0.5) is 0 Å². The van der Waals surface area contributed by atoms with Crippen LogP contribution in [0.25, 0.3) is 0 Å². The van der Waals surface area contributed by atoms with Crippen molar-refractivity contribution in [2.24, 2.45) is 11.8 Å². The minimum Gasteiger partial charge on any atom is -0.493 e. The number of hydrogen-bond acceptors (Lipinski definition) is 2. The highest BCUT2D eigenvalue weighted by molar-refractivity contribution is 5.32. The van der Waals surface area contributed by atoms with Gasteiger partial charge in [-0.05, 0) is 49.7 Å². The molecule has 0 spiro atoms. The third-order valence-electron chi connectivity index (χ3n) is 5.23. The summed E-state index contributed by atoms with van der Waals surface area (Å²) in [4.78, 5) is 0. The lowest BCUT2D eigenvalue weighted by Crippen LogP contribution is -2.16. The fraction of sp³-hybridized carbons (Fsp3) is 0.700. The van der Waals surface area contributed by atoms with Crippen LogP contribution in [0.15, 0.2) is 24.3 Å². The van der Waals surface area contributed by atoms with E-state index in [1.807, 2.05) is 6.07 Å². The second-order valence-corrected chi connectivity index (χ2v) is 7.10. The van der Waals surface area contributed by atoms with Crippen LogP contribution in [0, 0.1) is 11.8 Å². The smallest absolute Gasteiger partial charge is 0.122 e. The number of hydrogen-bond donors (Lipinski definition) is 0. The lowest BCUT2D eigenvalue weighted by atomic mass is 9.90. The Balaban J connectivity index is 1.44. The predicted molar refractivity (Wildman–Crippen MR) is 90.6 cm³/mol. The molecule has 2 saturated carbocycles. The van der Waals surface area contributed by atoms with Gasteiger partial charge in [-0.2, -0.15) is 0 Å². The first-order chi connectivity index (χ1) is 10.9. The molecule has 1 aromatic rings. The van der Waals surface area contributed by atoms with Crippen LogP contribution < -0.4 is 9.47 Å². The molecule has 0 heterocycles. The van der Waals surface area contributed by atoms with E-state index in [0.717, 1.165) is 36.5 Å². The van der Waals surface area contributed by atoms with E-state index in [0.29, 0.717) is 0 Å². The highest BCUT2D eigenvalue weighted by atomic mass is 16.5. The molecule has 2 heteroatoms. The van der Waals surface area contributed by atoms with Gasteiger partial charge in [0.25, 0.3) is 0 Å². The minimum absolute atomic E-state index is 0.751. The minimum atomic E-state index is 0.751. The van der Waals surface area contributed by atoms with Gasteiger partial charge in [0.05, 0.1) is 13.2 Å². The Labute approximate surface area is 135 Å². The number of ether oxygens (including phenoxy) is 2. The van der Waals surface area contributed by atoms with Gasteiger partial charge in [0.1, 0.15) is 11.5 Å². The molecule has 0 amide bonds. The van der Waals surface area contributed by atoms with Gasteiger partial charge in [0, 0.05) is 6.07 Å². The van der Waals surface area contributed by atoms with Crippen molar-refractivity contribution in [3.63, 3.8) is 0 Å². The molecule has 0 unspecified atom stereocenters. The Morgan fingerprint density at radius 3 is 1.59 bits per heavy atom. The maximum absolute atomic E-state index is 6.00. The van der Waals surface area contributed by atoms with Crippen molar-refractivity contribution in [2.75, 3.05) is 13.2 Å². The average molecular weight is 302 g/mol. The normalized spacial score (nSPS) is 20.7. The maximum atomic E-state index is 6.00. The van der Waals surface area contributed by atoms with Crippen molar-refractivity contribution in [2.45, 2.75) is 64.2 Å². The summed E-state index contributed by atoms with van der Waals surface area (Å²) in [6.45, 7) is 1.73. The van der Waals surface area contributed by atoms with E-state index in [-0.39, 0.29) is 0 Å². The highest BCUT2D eigenvalue weighted by Gasteiger charge is 2.15. The van der Waals surface area contributed by atoms with Gasteiger partial charge in [-0.15, -0.1) is 0 Å². The third-order valence-corrected chi connectivity index (χ3v) is 5.23. The van der Waals surface area contributed by atoms with E-state index in [1.165, 1.54) is 64.2 Å². The zero-order valence-electron chi connectivity index (χ0n) is 13.8. The summed E-state index contributed by atoms with van der Waals surface area (Å²) in [6, 6.07) is 8.21. The molecule has 1 aromatic carbocycles. The Morgan fingerprint density at radius 2 is 1.14 bits per heavy atom. The van der Waals surface area contributed by atoms with E-state index in [9.17, 15) is 0 Å². The molecule has 2 aliphatic carbocycles. The van der Waals surface area contributed by atoms with Crippen LogP contribution in [-0.4, -0.2) is 13.2 Å². The van der Waals surface area contributed by atoms with Crippen LogP contribution in [0.2, 0.25) is 0 Å². The lowest BCUT2D eigenvalue weighted by Gasteiger charge is -2.22. The molecule has 122 valence electrons. The van der Waals surface area contributed by atoms with Gasteiger partial charge in [-0.1, -0.05) is 44.6 Å². The van der Waals surface area contributed by atoms with Gasteiger partial charge >= 0.3 is 0 Å². The average Bonchev–Trinajstić information content (AvgIpc) is 2.60. The summed E-state index contributed by atoms with van der Waals surface area (Å²) >= 11 is 0. The van der Waals surface area contributed by atoms with Crippen molar-refractivity contribution in [1.82, 2.24) is 0 Å². The first-order valence-corrected chi connectivity index (χ1v) is 9.26. The first-order valence-electron chi connectivity index (χ1n) is 9.26. The van der Waals surface area contributed by atoms with E-state index in [1.54, 1.807) is 0 Å². The van der Waals surface area contributed by atoms with Gasteiger partial charge in [0.2, 0.25) is 0 Å². The Bertz CT molecular complexity index is 394. The van der Waals surface area contributed by atoms with Crippen LogP contribution in [-0.2, 0) is 0 Å². The standard InChI is InChI=1S/C20H30O2/c1-3-8-17(9-4-1)15-21-19-12-7-13-20(14-19)22-16-18-10-5-2-6-11-18/h7,12-14,17-18H,1-6,8-11,15-16H2. The van der Waals surface area contributed by atoms with Crippen LogP contribution in [0.5, 0.6) is 11.5 Å². The van der Waals surface area contributed by atoms with Gasteiger partial charge in [-0.3, -0.25) is 0 Å². The molecule has 0 saturated heterocycles. The molecular weight excluding hydrogens is 272 g/mol. The monoisotopic (exact) mass is 302 g/mol. The van der Waals surface area contributed by atoms with E-state index in [4.69, 9.17) is 9.47 Å². The molecule has 0 radical (unpaired) electrons. The molecule has 2 fully saturated rings. The van der Waals surface area contributed by atoms with Crippen LogP contribution in [0.3, 0.4) is 0 Å². The molecule has 3 rings (SSSR count). The fourth-order valence-electron chi connectivity index (χ4n) is 3.79. The summed E-state index contributed by atoms with van der Waals surface area (Å²) in [5.41, 5.74) is 0. The molecule has 2 aliphatic rings. The highest BCUT2D eigenvalue weighted by Crippen LogP contribution is 2.27. The Hall–Kier alpha value is -1.18. The summed E-state index contributed by atoms with van der Waals surface area (Å²) < 4.78 is 12.0. The summed E-state index contributed by atoms with van der Waals surface area (Å²) in [6.07, 6.45) is 13.6. The van der Waals surface area contributed by atoms with Crippen molar-refractivity contribution in [3.8, 4) is 11.5 Å². The van der Waals surface area contributed by atoms with E-state index in [2.05, 4.69) is 18.2 Å². The van der Waals surface area contributed by atoms with Crippen molar-refractivity contribution < 1.29 is 9.47 Å². The Morgan fingerprint density at radius 1 is 0.682 bits per heavy atom. The molecule has 0 N–H and O–H groups in total. The van der Waals surface area contributed by atoms with Crippen molar-refractivity contribution in [1.29, 1.82) is 0 Å². The van der Waals surface area contributed by atoms with Crippen molar-refractivity contribution in [3.05, 3.63) is 24.3 Å². The van der Waals surface area contributed by atoms with Gasteiger partial charge in [0.15, 0.2) is 0 Å². The van der Waals surface area contributed by atoms with Gasteiger partial charge < -0.3 is 9.47 Å². The fourth-order valence-corrected chi connectivity index (χ4v) is 3.79. The number of rotatable bonds is 6. The molecule has 0 atom stereocenters. The van der Waals surface area contributed by atoms with E-state index >= 15 is 0 Å². The molecule has 2 nitrogen and oxygen atoms in total. The lowest BCUT2D eigenvalue weighted by molar-refractivity contribution is 0.200. The second kappa shape index (κ2) is 8.45. The summed E-state index contributed by atoms with van der Waals surface area (Å²) in [7, 11) is 0. The van der Waals surface area contributed by atoms with Crippen molar-refractivity contribution >= 4 is 0 Å². The molecule has 0 bridgehead atoms. The largest absolute Gasteiger partial charge is 0.493 e. The molecule has 22 heavy (non-hydrogen) atoms. The summed E-state index contributed by atoms with van der Waals surface area (Å²) in [5.74, 6) is 3.43.